The van der Waals surface area contributed by atoms with Crippen LogP contribution < -0.4 is 5.32 Å². The molecule has 1 N–H and O–H groups in total. The number of carbonyl (C=O) groups is 1. The van der Waals surface area contributed by atoms with Crippen molar-refractivity contribution in [1.82, 2.24) is 10.2 Å². The summed E-state index contributed by atoms with van der Waals surface area (Å²) < 4.78 is 0. The van der Waals surface area contributed by atoms with Gasteiger partial charge in [-0.1, -0.05) is 42.8 Å². The zero-order valence-corrected chi connectivity index (χ0v) is 15.5. The molecule has 2 aromatic rings. The Labute approximate surface area is 154 Å². The second kappa shape index (κ2) is 9.82. The summed E-state index contributed by atoms with van der Waals surface area (Å²) in [6.45, 7) is 2.97. The van der Waals surface area contributed by atoms with Crippen LogP contribution >= 0.6 is 23.7 Å². The molecule has 24 heavy (non-hydrogen) atoms. The molecule has 1 amide bonds. The second-order valence-corrected chi connectivity index (χ2v) is 7.07. The molecule has 3 rings (SSSR count). The summed E-state index contributed by atoms with van der Waals surface area (Å²) in [5.41, 5.74) is 1.07. The Morgan fingerprint density at radius 2 is 1.83 bits per heavy atom. The van der Waals surface area contributed by atoms with Gasteiger partial charge in [0.15, 0.2) is 0 Å². The minimum absolute atomic E-state index is 0. The molecule has 1 saturated heterocycles. The fourth-order valence-electron chi connectivity index (χ4n) is 3.17. The molecule has 1 aromatic heterocycles. The highest BCUT2D eigenvalue weighted by Gasteiger charge is 2.23. The molecule has 0 aliphatic carbocycles. The lowest BCUT2D eigenvalue weighted by atomic mass is 10.1. The summed E-state index contributed by atoms with van der Waals surface area (Å²) >= 11 is 1.79. The maximum absolute atomic E-state index is 12.2. The number of piperidine rings is 1. The number of rotatable bonds is 6. The van der Waals surface area contributed by atoms with Crippen molar-refractivity contribution in [2.24, 2.45) is 0 Å². The van der Waals surface area contributed by atoms with Gasteiger partial charge in [0, 0.05) is 11.4 Å². The number of halogens is 1. The third kappa shape index (κ3) is 5.33. The maximum atomic E-state index is 12.2. The average molecular weight is 365 g/mol. The molecular weight excluding hydrogens is 340 g/mol. The van der Waals surface area contributed by atoms with Crippen LogP contribution in [0.2, 0.25) is 0 Å². The Morgan fingerprint density at radius 1 is 1.08 bits per heavy atom. The van der Waals surface area contributed by atoms with Gasteiger partial charge >= 0.3 is 0 Å². The van der Waals surface area contributed by atoms with Crippen LogP contribution in [-0.4, -0.2) is 30.4 Å². The van der Waals surface area contributed by atoms with E-state index in [1.165, 1.54) is 24.1 Å². The number of amides is 1. The van der Waals surface area contributed by atoms with Crippen LogP contribution in [0.3, 0.4) is 0 Å². The monoisotopic (exact) mass is 364 g/mol. The Balaban J connectivity index is 0.00000208. The fraction of sp³-hybridized carbons (Fsp3) is 0.421. The highest BCUT2D eigenvalue weighted by atomic mass is 35.5. The summed E-state index contributed by atoms with van der Waals surface area (Å²) in [6, 6.07) is 14.5. The standard InChI is InChI=1S/C19H24N2OS.ClH/c22-19(14-16-8-3-1-4-9-16)20-15-17(18-10-7-13-23-18)21-11-5-2-6-12-21;/h1,3-4,7-10,13,17H,2,5-6,11-12,14-15H2,(H,20,22);1H. The van der Waals surface area contributed by atoms with Gasteiger partial charge in [0.1, 0.15) is 0 Å². The maximum Gasteiger partial charge on any atom is 0.224 e. The summed E-state index contributed by atoms with van der Waals surface area (Å²) in [7, 11) is 0. The topological polar surface area (TPSA) is 32.3 Å². The summed E-state index contributed by atoms with van der Waals surface area (Å²) in [5, 5.41) is 5.27. The molecule has 5 heteroatoms. The van der Waals surface area contributed by atoms with E-state index in [1.807, 2.05) is 30.3 Å². The van der Waals surface area contributed by atoms with Crippen molar-refractivity contribution in [2.75, 3.05) is 19.6 Å². The molecule has 0 bridgehead atoms. The van der Waals surface area contributed by atoms with E-state index in [0.29, 0.717) is 19.0 Å². The molecule has 130 valence electrons. The number of carbonyl (C=O) groups excluding carboxylic acids is 1. The van der Waals surface area contributed by atoms with E-state index in [-0.39, 0.29) is 18.3 Å². The van der Waals surface area contributed by atoms with Crippen molar-refractivity contribution >= 4 is 29.7 Å². The van der Waals surface area contributed by atoms with Crippen LogP contribution in [-0.2, 0) is 11.2 Å². The van der Waals surface area contributed by atoms with Crippen LogP contribution in [0.1, 0.15) is 35.7 Å². The minimum Gasteiger partial charge on any atom is -0.354 e. The molecule has 1 aromatic carbocycles. The highest BCUT2D eigenvalue weighted by Crippen LogP contribution is 2.27. The van der Waals surface area contributed by atoms with Crippen LogP contribution in [0.4, 0.5) is 0 Å². The van der Waals surface area contributed by atoms with Gasteiger partial charge in [-0.3, -0.25) is 9.69 Å². The van der Waals surface area contributed by atoms with Crippen molar-refractivity contribution in [3.63, 3.8) is 0 Å². The van der Waals surface area contributed by atoms with E-state index < -0.39 is 0 Å². The van der Waals surface area contributed by atoms with Crippen molar-refractivity contribution in [2.45, 2.75) is 31.7 Å². The summed E-state index contributed by atoms with van der Waals surface area (Å²) in [4.78, 5) is 16.1. The normalized spacial score (nSPS) is 16.2. The van der Waals surface area contributed by atoms with Crippen LogP contribution in [0.15, 0.2) is 47.8 Å². The number of nitrogens with one attached hydrogen (secondary N) is 1. The van der Waals surface area contributed by atoms with E-state index in [1.54, 1.807) is 11.3 Å². The van der Waals surface area contributed by atoms with Gasteiger partial charge in [0.05, 0.1) is 12.5 Å². The first-order valence-electron chi connectivity index (χ1n) is 8.41. The van der Waals surface area contributed by atoms with E-state index in [2.05, 4.69) is 27.7 Å². The number of hydrogen-bond donors (Lipinski definition) is 1. The minimum atomic E-state index is 0. The van der Waals surface area contributed by atoms with Crippen LogP contribution in [0.25, 0.3) is 0 Å². The fourth-order valence-corrected chi connectivity index (χ4v) is 4.04. The van der Waals surface area contributed by atoms with E-state index in [9.17, 15) is 4.79 Å². The van der Waals surface area contributed by atoms with Gasteiger partial charge in [-0.15, -0.1) is 23.7 Å². The van der Waals surface area contributed by atoms with Gasteiger partial charge in [-0.2, -0.15) is 0 Å². The molecule has 0 spiro atoms. The number of hydrogen-bond acceptors (Lipinski definition) is 3. The van der Waals surface area contributed by atoms with Gasteiger partial charge in [0.2, 0.25) is 5.91 Å². The van der Waals surface area contributed by atoms with Gasteiger partial charge in [-0.25, -0.2) is 0 Å². The number of nitrogens with zero attached hydrogens (tertiary/aromatic N) is 1. The first-order chi connectivity index (χ1) is 11.3. The van der Waals surface area contributed by atoms with E-state index in [4.69, 9.17) is 0 Å². The Kier molecular flexibility index (Phi) is 7.76. The predicted molar refractivity (Wildman–Crippen MR) is 103 cm³/mol. The van der Waals surface area contributed by atoms with Crippen molar-refractivity contribution < 1.29 is 4.79 Å². The SMILES string of the molecule is Cl.O=C(Cc1ccccc1)NCC(c1cccs1)N1CCCCC1. The van der Waals surface area contributed by atoms with Crippen molar-refractivity contribution in [1.29, 1.82) is 0 Å². The Bertz CT molecular complexity index is 597. The van der Waals surface area contributed by atoms with Crippen molar-refractivity contribution in [3.05, 3.63) is 58.3 Å². The number of likely N-dealkylation sites (tertiary alicyclic amines) is 1. The second-order valence-electron chi connectivity index (χ2n) is 6.09. The lowest BCUT2D eigenvalue weighted by Gasteiger charge is -2.34. The largest absolute Gasteiger partial charge is 0.354 e. The number of thiophene rings is 1. The molecule has 1 aliphatic heterocycles. The number of benzene rings is 1. The smallest absolute Gasteiger partial charge is 0.224 e. The molecule has 3 nitrogen and oxygen atoms in total. The third-order valence-corrected chi connectivity index (χ3v) is 5.38. The molecule has 0 radical (unpaired) electrons. The van der Waals surface area contributed by atoms with E-state index >= 15 is 0 Å². The van der Waals surface area contributed by atoms with Gasteiger partial charge in [-0.05, 0) is 42.9 Å². The molecule has 1 atom stereocenters. The molecular formula is C19H25ClN2OS. The molecule has 1 aliphatic rings. The molecule has 1 unspecified atom stereocenters. The zero-order valence-electron chi connectivity index (χ0n) is 13.8. The Morgan fingerprint density at radius 3 is 2.50 bits per heavy atom. The molecule has 2 heterocycles. The first kappa shape index (κ1) is 19.0. The van der Waals surface area contributed by atoms with Gasteiger partial charge < -0.3 is 5.32 Å². The predicted octanol–water partition coefficient (Wildman–Crippen LogP) is 4.06. The molecule has 1 fully saturated rings. The summed E-state index contributed by atoms with van der Waals surface area (Å²) in [5.74, 6) is 0.106. The van der Waals surface area contributed by atoms with Crippen molar-refractivity contribution in [3.8, 4) is 0 Å². The third-order valence-electron chi connectivity index (χ3n) is 4.40. The van der Waals surface area contributed by atoms with Crippen LogP contribution in [0, 0.1) is 0 Å². The summed E-state index contributed by atoms with van der Waals surface area (Å²) in [6.07, 6.45) is 4.31. The first-order valence-corrected chi connectivity index (χ1v) is 9.29. The quantitative estimate of drug-likeness (QED) is 0.838. The van der Waals surface area contributed by atoms with Crippen LogP contribution in [0.5, 0.6) is 0 Å². The van der Waals surface area contributed by atoms with E-state index in [0.717, 1.165) is 18.7 Å². The zero-order chi connectivity index (χ0) is 15.9. The Hall–Kier alpha value is -1.36. The highest BCUT2D eigenvalue weighted by molar-refractivity contribution is 7.10. The average Bonchev–Trinajstić information content (AvgIpc) is 3.11. The lowest BCUT2D eigenvalue weighted by molar-refractivity contribution is -0.120. The lowest BCUT2D eigenvalue weighted by Crippen LogP contribution is -2.40. The van der Waals surface area contributed by atoms with Gasteiger partial charge in [0.25, 0.3) is 0 Å². The molecule has 0 saturated carbocycles.